The largest absolute Gasteiger partial charge is 0.454 e. The highest BCUT2D eigenvalue weighted by Gasteiger charge is 2.19. The molecular formula is C25H23NO4. The van der Waals surface area contributed by atoms with E-state index in [0.717, 1.165) is 16.7 Å². The fourth-order valence-corrected chi connectivity index (χ4v) is 3.06. The van der Waals surface area contributed by atoms with Crippen molar-refractivity contribution in [3.8, 4) is 11.1 Å². The van der Waals surface area contributed by atoms with Crippen LogP contribution in [0.25, 0.3) is 11.1 Å². The van der Waals surface area contributed by atoms with Gasteiger partial charge in [0.15, 0.2) is 6.10 Å². The first-order chi connectivity index (χ1) is 14.4. The van der Waals surface area contributed by atoms with Gasteiger partial charge < -0.3 is 10.1 Å². The predicted molar refractivity (Wildman–Crippen MR) is 116 cm³/mol. The summed E-state index contributed by atoms with van der Waals surface area (Å²) in [5, 5.41) is 2.64. The Balaban J connectivity index is 1.56. The van der Waals surface area contributed by atoms with Crippen LogP contribution in [-0.4, -0.2) is 23.8 Å². The molecule has 0 fully saturated rings. The molecule has 0 unspecified atom stereocenters. The van der Waals surface area contributed by atoms with E-state index in [1.54, 1.807) is 31.2 Å². The first kappa shape index (κ1) is 21.0. The molecule has 0 radical (unpaired) electrons. The Morgan fingerprint density at radius 3 is 2.03 bits per heavy atom. The molecule has 3 aromatic rings. The SMILES string of the molecule is CC(=O)Nc1ccc(C(=O)[C@@H](C)OC(=O)Cc2ccc(-c3ccccc3)cc2)cc1. The first-order valence-electron chi connectivity index (χ1n) is 9.68. The number of benzene rings is 3. The third-order valence-corrected chi connectivity index (χ3v) is 4.58. The maximum Gasteiger partial charge on any atom is 0.310 e. The van der Waals surface area contributed by atoms with Crippen molar-refractivity contribution in [3.05, 3.63) is 90.0 Å². The van der Waals surface area contributed by atoms with Crippen LogP contribution in [0.1, 0.15) is 29.8 Å². The molecular weight excluding hydrogens is 378 g/mol. The summed E-state index contributed by atoms with van der Waals surface area (Å²) in [5.41, 5.74) is 4.01. The van der Waals surface area contributed by atoms with Crippen LogP contribution in [0.2, 0.25) is 0 Å². The van der Waals surface area contributed by atoms with Gasteiger partial charge in [0.1, 0.15) is 0 Å². The molecule has 3 rings (SSSR count). The van der Waals surface area contributed by atoms with E-state index in [2.05, 4.69) is 5.32 Å². The number of esters is 1. The predicted octanol–water partition coefficient (Wildman–Crippen LogP) is 4.67. The quantitative estimate of drug-likeness (QED) is 0.461. The van der Waals surface area contributed by atoms with E-state index in [1.165, 1.54) is 6.92 Å². The zero-order valence-corrected chi connectivity index (χ0v) is 16.9. The minimum absolute atomic E-state index is 0.0914. The van der Waals surface area contributed by atoms with Gasteiger partial charge in [0, 0.05) is 18.2 Å². The Hall–Kier alpha value is -3.73. The highest BCUT2D eigenvalue weighted by Crippen LogP contribution is 2.20. The summed E-state index contributed by atoms with van der Waals surface area (Å²) in [6, 6.07) is 24.1. The Morgan fingerprint density at radius 2 is 1.43 bits per heavy atom. The van der Waals surface area contributed by atoms with Gasteiger partial charge in [0.2, 0.25) is 11.7 Å². The summed E-state index contributed by atoms with van der Waals surface area (Å²) in [7, 11) is 0. The minimum atomic E-state index is -0.896. The van der Waals surface area contributed by atoms with Crippen molar-refractivity contribution in [2.45, 2.75) is 26.4 Å². The van der Waals surface area contributed by atoms with Gasteiger partial charge in [-0.3, -0.25) is 14.4 Å². The Morgan fingerprint density at radius 1 is 0.833 bits per heavy atom. The number of ketones is 1. The van der Waals surface area contributed by atoms with E-state index in [4.69, 9.17) is 4.74 Å². The highest BCUT2D eigenvalue weighted by atomic mass is 16.5. The van der Waals surface area contributed by atoms with Crippen LogP contribution in [0.15, 0.2) is 78.9 Å². The van der Waals surface area contributed by atoms with Crippen LogP contribution in [0.3, 0.4) is 0 Å². The smallest absolute Gasteiger partial charge is 0.310 e. The molecule has 3 aromatic carbocycles. The second-order valence-electron chi connectivity index (χ2n) is 6.99. The highest BCUT2D eigenvalue weighted by molar-refractivity contribution is 6.00. The van der Waals surface area contributed by atoms with Crippen molar-refractivity contribution in [2.24, 2.45) is 0 Å². The number of amides is 1. The maximum absolute atomic E-state index is 12.5. The zero-order valence-electron chi connectivity index (χ0n) is 16.9. The minimum Gasteiger partial charge on any atom is -0.454 e. The van der Waals surface area contributed by atoms with Crippen molar-refractivity contribution in [2.75, 3.05) is 5.32 Å². The van der Waals surface area contributed by atoms with Crippen LogP contribution >= 0.6 is 0 Å². The normalized spacial score (nSPS) is 11.4. The number of rotatable bonds is 7. The number of ether oxygens (including phenoxy) is 1. The summed E-state index contributed by atoms with van der Waals surface area (Å²) in [6.45, 7) is 2.97. The van der Waals surface area contributed by atoms with Gasteiger partial charge >= 0.3 is 5.97 Å². The lowest BCUT2D eigenvalue weighted by Crippen LogP contribution is -2.25. The van der Waals surface area contributed by atoms with Gasteiger partial charge in [0.25, 0.3) is 0 Å². The molecule has 0 aliphatic carbocycles. The maximum atomic E-state index is 12.5. The third kappa shape index (κ3) is 5.64. The van der Waals surface area contributed by atoms with Gasteiger partial charge in [-0.2, -0.15) is 0 Å². The zero-order chi connectivity index (χ0) is 21.5. The van der Waals surface area contributed by atoms with Crippen molar-refractivity contribution < 1.29 is 19.1 Å². The molecule has 1 atom stereocenters. The van der Waals surface area contributed by atoms with Gasteiger partial charge in [-0.05, 0) is 47.9 Å². The Labute approximate surface area is 175 Å². The molecule has 0 saturated carbocycles. The van der Waals surface area contributed by atoms with E-state index >= 15 is 0 Å². The number of hydrogen-bond acceptors (Lipinski definition) is 4. The average Bonchev–Trinajstić information content (AvgIpc) is 2.74. The third-order valence-electron chi connectivity index (χ3n) is 4.58. The molecule has 5 heteroatoms. The van der Waals surface area contributed by atoms with Gasteiger partial charge in [-0.1, -0.05) is 54.6 Å². The van der Waals surface area contributed by atoms with E-state index in [9.17, 15) is 14.4 Å². The molecule has 0 aliphatic rings. The summed E-state index contributed by atoms with van der Waals surface area (Å²) >= 11 is 0. The average molecular weight is 401 g/mol. The molecule has 5 nitrogen and oxygen atoms in total. The standard InChI is InChI=1S/C25H23NO4/c1-17(25(29)22-12-14-23(15-13-22)26-18(2)27)30-24(28)16-19-8-10-21(11-9-19)20-6-4-3-5-7-20/h3-15,17H,16H2,1-2H3,(H,26,27)/t17-/m1/s1. The fraction of sp³-hybridized carbons (Fsp3) is 0.160. The fourth-order valence-electron chi connectivity index (χ4n) is 3.06. The van der Waals surface area contributed by atoms with Gasteiger partial charge in [-0.25, -0.2) is 0 Å². The first-order valence-corrected chi connectivity index (χ1v) is 9.68. The van der Waals surface area contributed by atoms with Crippen LogP contribution in [0.5, 0.6) is 0 Å². The summed E-state index contributed by atoms with van der Waals surface area (Å²) in [5.74, 6) is -0.941. The summed E-state index contributed by atoms with van der Waals surface area (Å²) < 4.78 is 5.32. The monoisotopic (exact) mass is 401 g/mol. The number of Topliss-reactive ketones (excluding diaryl/α,β-unsaturated/α-hetero) is 1. The number of anilines is 1. The number of carbonyl (C=O) groups is 3. The molecule has 0 saturated heterocycles. The molecule has 1 amide bonds. The summed E-state index contributed by atoms with van der Waals surface area (Å²) in [6.07, 6.45) is -0.804. The molecule has 0 heterocycles. The van der Waals surface area contributed by atoms with Crippen LogP contribution < -0.4 is 5.32 Å². The van der Waals surface area contributed by atoms with Crippen LogP contribution in [0, 0.1) is 0 Å². The number of carbonyl (C=O) groups excluding carboxylic acids is 3. The van der Waals surface area contributed by atoms with Gasteiger partial charge in [-0.15, -0.1) is 0 Å². The van der Waals surface area contributed by atoms with Crippen molar-refractivity contribution in [1.82, 2.24) is 0 Å². The van der Waals surface area contributed by atoms with E-state index in [0.29, 0.717) is 11.3 Å². The van der Waals surface area contributed by atoms with Crippen molar-refractivity contribution in [3.63, 3.8) is 0 Å². The topological polar surface area (TPSA) is 72.5 Å². The Kier molecular flexibility index (Phi) is 6.75. The second-order valence-corrected chi connectivity index (χ2v) is 6.99. The van der Waals surface area contributed by atoms with Gasteiger partial charge in [0.05, 0.1) is 6.42 Å². The summed E-state index contributed by atoms with van der Waals surface area (Å²) in [4.78, 5) is 35.8. The van der Waals surface area contributed by atoms with Crippen LogP contribution in [-0.2, 0) is 20.7 Å². The van der Waals surface area contributed by atoms with Crippen molar-refractivity contribution in [1.29, 1.82) is 0 Å². The lowest BCUT2D eigenvalue weighted by molar-refractivity contribution is -0.145. The second kappa shape index (κ2) is 9.65. The molecule has 1 N–H and O–H groups in total. The molecule has 0 bridgehead atoms. The molecule has 0 aliphatic heterocycles. The van der Waals surface area contributed by atoms with E-state index in [-0.39, 0.29) is 18.1 Å². The number of nitrogens with one attached hydrogen (secondary N) is 1. The molecule has 30 heavy (non-hydrogen) atoms. The molecule has 152 valence electrons. The van der Waals surface area contributed by atoms with E-state index < -0.39 is 12.1 Å². The van der Waals surface area contributed by atoms with E-state index in [1.807, 2.05) is 54.6 Å². The molecule has 0 spiro atoms. The lowest BCUT2D eigenvalue weighted by Gasteiger charge is -2.13. The van der Waals surface area contributed by atoms with Crippen molar-refractivity contribution >= 4 is 23.3 Å². The molecule has 0 aromatic heterocycles. The van der Waals surface area contributed by atoms with Crippen LogP contribution in [0.4, 0.5) is 5.69 Å². The lowest BCUT2D eigenvalue weighted by atomic mass is 10.0. The Bertz CT molecular complexity index is 1030. The number of hydrogen-bond donors (Lipinski definition) is 1.